The molecular weight excluding hydrogens is 436 g/mol. The van der Waals surface area contributed by atoms with Crippen molar-refractivity contribution in [3.8, 4) is 6.07 Å². The summed E-state index contributed by atoms with van der Waals surface area (Å²) in [6, 6.07) is 9.66. The molecular formula is C23H22ClF2N5O. The van der Waals surface area contributed by atoms with Gasteiger partial charge in [0.25, 0.3) is 5.92 Å². The zero-order chi connectivity index (χ0) is 23.3. The number of nitriles is 1. The van der Waals surface area contributed by atoms with Gasteiger partial charge in [-0.15, -0.1) is 0 Å². The van der Waals surface area contributed by atoms with Crippen molar-refractivity contribution in [2.45, 2.75) is 57.1 Å². The Morgan fingerprint density at radius 3 is 2.56 bits per heavy atom. The minimum atomic E-state index is -3.36. The molecule has 3 aromatic rings. The van der Waals surface area contributed by atoms with Crippen LogP contribution in [-0.4, -0.2) is 26.2 Å². The second-order valence-corrected chi connectivity index (χ2v) is 8.66. The van der Waals surface area contributed by atoms with Crippen molar-refractivity contribution in [2.75, 3.05) is 5.32 Å². The monoisotopic (exact) mass is 457 g/mol. The second-order valence-electron chi connectivity index (χ2n) is 8.30. The molecule has 0 unspecified atom stereocenters. The van der Waals surface area contributed by atoms with Crippen LogP contribution >= 0.6 is 11.6 Å². The highest BCUT2D eigenvalue weighted by Gasteiger charge is 2.47. The van der Waals surface area contributed by atoms with Crippen LogP contribution in [0.2, 0.25) is 5.15 Å². The molecule has 1 fully saturated rings. The van der Waals surface area contributed by atoms with E-state index in [4.69, 9.17) is 11.6 Å². The zero-order valence-electron chi connectivity index (χ0n) is 17.8. The maximum Gasteiger partial charge on any atom is 0.298 e. The fourth-order valence-corrected chi connectivity index (χ4v) is 4.01. The van der Waals surface area contributed by atoms with Crippen LogP contribution in [0.4, 0.5) is 14.6 Å². The number of nitrogens with one attached hydrogen (secondary N) is 1. The largest absolute Gasteiger partial charge is 0.387 e. The lowest BCUT2D eigenvalue weighted by atomic mass is 9.98. The molecule has 2 aromatic heterocycles. The number of hydrogen-bond donors (Lipinski definition) is 2. The van der Waals surface area contributed by atoms with E-state index < -0.39 is 17.4 Å². The van der Waals surface area contributed by atoms with E-state index >= 15 is 0 Å². The number of aromatic nitrogens is 3. The maximum absolute atomic E-state index is 14.3. The van der Waals surface area contributed by atoms with Crippen LogP contribution in [0.3, 0.4) is 0 Å². The molecule has 6 nitrogen and oxygen atoms in total. The van der Waals surface area contributed by atoms with E-state index in [1.54, 1.807) is 19.1 Å². The number of nitrogens with zero attached hydrogens (tertiary/aromatic N) is 4. The minimum Gasteiger partial charge on any atom is -0.387 e. The number of halogens is 3. The molecule has 0 spiro atoms. The van der Waals surface area contributed by atoms with Crippen molar-refractivity contribution in [2.24, 2.45) is 0 Å². The third kappa shape index (κ3) is 3.87. The number of fused-ring (bicyclic) bond motifs is 1. The van der Waals surface area contributed by atoms with Crippen LogP contribution < -0.4 is 5.32 Å². The fraction of sp³-hybridized carbons (Fsp3) is 0.391. The molecule has 1 aliphatic carbocycles. The Kier molecular flexibility index (Phi) is 5.51. The predicted molar refractivity (Wildman–Crippen MR) is 118 cm³/mol. The summed E-state index contributed by atoms with van der Waals surface area (Å²) in [5.74, 6) is -2.41. The van der Waals surface area contributed by atoms with Crippen molar-refractivity contribution in [3.05, 3.63) is 58.0 Å². The van der Waals surface area contributed by atoms with E-state index in [2.05, 4.69) is 26.3 Å². The highest BCUT2D eigenvalue weighted by atomic mass is 35.5. The minimum absolute atomic E-state index is 0.252. The lowest BCUT2D eigenvalue weighted by Gasteiger charge is -2.22. The number of aliphatic hydroxyl groups excluding tert-OH is 1. The number of aryl methyl sites for hydroxylation is 1. The molecule has 2 atom stereocenters. The maximum atomic E-state index is 14.3. The van der Waals surface area contributed by atoms with Crippen molar-refractivity contribution >= 4 is 28.5 Å². The van der Waals surface area contributed by atoms with Crippen molar-refractivity contribution < 1.29 is 13.9 Å². The quantitative estimate of drug-likeness (QED) is 0.495. The summed E-state index contributed by atoms with van der Waals surface area (Å²) >= 11 is 6.36. The van der Waals surface area contributed by atoms with E-state index in [-0.39, 0.29) is 16.8 Å². The van der Waals surface area contributed by atoms with Crippen molar-refractivity contribution in [3.63, 3.8) is 0 Å². The first-order valence-corrected chi connectivity index (χ1v) is 10.6. The molecule has 0 amide bonds. The Morgan fingerprint density at radius 2 is 1.94 bits per heavy atom. The first-order valence-electron chi connectivity index (χ1n) is 10.3. The summed E-state index contributed by atoms with van der Waals surface area (Å²) in [6.45, 7) is 4.61. The molecule has 32 heavy (non-hydrogen) atoms. The highest BCUT2D eigenvalue weighted by Crippen LogP contribution is 2.50. The van der Waals surface area contributed by atoms with Crippen LogP contribution in [0.5, 0.6) is 0 Å². The predicted octanol–water partition coefficient (Wildman–Crippen LogP) is 5.19. The van der Waals surface area contributed by atoms with Gasteiger partial charge in [-0.3, -0.25) is 0 Å². The van der Waals surface area contributed by atoms with E-state index in [0.717, 1.165) is 6.92 Å². The average Bonchev–Trinajstić information content (AvgIpc) is 3.54. The summed E-state index contributed by atoms with van der Waals surface area (Å²) in [6.07, 6.45) is -0.377. The first-order chi connectivity index (χ1) is 15.1. The molecule has 0 saturated heterocycles. The van der Waals surface area contributed by atoms with Gasteiger partial charge >= 0.3 is 0 Å². The number of alkyl halides is 2. The molecule has 1 aliphatic rings. The number of aliphatic hydroxyl groups is 1. The van der Waals surface area contributed by atoms with Crippen LogP contribution in [0.15, 0.2) is 30.3 Å². The Bertz CT molecular complexity index is 1240. The van der Waals surface area contributed by atoms with Gasteiger partial charge in [0, 0.05) is 17.2 Å². The van der Waals surface area contributed by atoms with E-state index in [9.17, 15) is 19.1 Å². The van der Waals surface area contributed by atoms with Crippen molar-refractivity contribution in [1.82, 2.24) is 15.0 Å². The molecule has 166 valence electrons. The van der Waals surface area contributed by atoms with Gasteiger partial charge in [0.2, 0.25) is 0 Å². The van der Waals surface area contributed by atoms with E-state index in [1.165, 1.54) is 18.2 Å². The normalized spacial score (nSPS) is 16.9. The van der Waals surface area contributed by atoms with Crippen molar-refractivity contribution in [1.29, 1.82) is 5.26 Å². The lowest BCUT2D eigenvalue weighted by molar-refractivity contribution is -0.106. The van der Waals surface area contributed by atoms with Gasteiger partial charge in [-0.05, 0) is 51.3 Å². The molecule has 0 aliphatic heterocycles. The van der Waals surface area contributed by atoms with Crippen LogP contribution in [-0.2, 0) is 11.3 Å². The number of pyridine rings is 1. The second kappa shape index (κ2) is 7.91. The molecule has 2 N–H and O–H groups in total. The third-order valence-electron chi connectivity index (χ3n) is 5.88. The smallest absolute Gasteiger partial charge is 0.298 e. The van der Waals surface area contributed by atoms with Gasteiger partial charge < -0.3 is 10.4 Å². The lowest BCUT2D eigenvalue weighted by Crippen LogP contribution is -2.28. The summed E-state index contributed by atoms with van der Waals surface area (Å²) in [5, 5.41) is 23.2. The molecule has 9 heteroatoms. The van der Waals surface area contributed by atoms with Gasteiger partial charge in [-0.25, -0.2) is 15.0 Å². The van der Waals surface area contributed by atoms with E-state index in [1.807, 2.05) is 6.92 Å². The molecule has 4 rings (SSSR count). The third-order valence-corrected chi connectivity index (χ3v) is 6.17. The average molecular weight is 458 g/mol. The number of anilines is 1. The molecule has 2 heterocycles. The highest BCUT2D eigenvalue weighted by molar-refractivity contribution is 6.30. The fourth-order valence-electron chi connectivity index (χ4n) is 3.70. The van der Waals surface area contributed by atoms with Crippen LogP contribution in [0, 0.1) is 18.3 Å². The Morgan fingerprint density at radius 1 is 1.22 bits per heavy atom. The van der Waals surface area contributed by atoms with Gasteiger partial charge in [-0.2, -0.15) is 14.0 Å². The summed E-state index contributed by atoms with van der Waals surface area (Å²) in [4.78, 5) is 13.2. The topological polar surface area (TPSA) is 94.7 Å². The van der Waals surface area contributed by atoms with Gasteiger partial charge in [0.15, 0.2) is 5.65 Å². The van der Waals surface area contributed by atoms with Gasteiger partial charge in [0.1, 0.15) is 22.9 Å². The molecule has 0 radical (unpaired) electrons. The van der Waals surface area contributed by atoms with E-state index in [0.29, 0.717) is 46.6 Å². The SMILES string of the molecule is Cc1nc(N[C@H](C)c2cccc(C(F)(F)[C@H](C)O)c2)c2cc(C3(C#N)CC3)c(Cl)nc2n1. The molecule has 1 saturated carbocycles. The summed E-state index contributed by atoms with van der Waals surface area (Å²) in [7, 11) is 0. The number of benzene rings is 1. The number of rotatable bonds is 6. The first kappa shape index (κ1) is 22.3. The molecule has 0 bridgehead atoms. The van der Waals surface area contributed by atoms with Crippen LogP contribution in [0.25, 0.3) is 11.0 Å². The van der Waals surface area contributed by atoms with Gasteiger partial charge in [0.05, 0.1) is 16.9 Å². The summed E-state index contributed by atoms with van der Waals surface area (Å²) in [5.41, 5.74) is 0.750. The van der Waals surface area contributed by atoms with Gasteiger partial charge in [-0.1, -0.05) is 29.8 Å². The standard InChI is InChI=1S/C23H22ClF2N5O/c1-12(15-5-4-6-16(9-15)23(25,26)13(2)32)28-20-17-10-18(22(11-27)7-8-22)19(24)31-21(17)30-14(3)29-20/h4-6,9-10,12-13,32H,7-8H2,1-3H3,(H,28,29,30,31)/t12-,13+/m1/s1. The summed E-state index contributed by atoms with van der Waals surface area (Å²) < 4.78 is 28.6. The van der Waals surface area contributed by atoms with Crippen LogP contribution in [0.1, 0.15) is 55.2 Å². The Balaban J connectivity index is 1.73. The Labute approximate surface area is 189 Å². The molecule has 1 aromatic carbocycles. The zero-order valence-corrected chi connectivity index (χ0v) is 18.6. The Hall–Kier alpha value is -2.89. The number of hydrogen-bond acceptors (Lipinski definition) is 6.